The normalized spacial score (nSPS) is 10.1. The molecule has 128 valence electrons. The Hall–Kier alpha value is -2.08. The average molecular weight is 322 g/mol. The van der Waals surface area contributed by atoms with Crippen LogP contribution in [0.2, 0.25) is 0 Å². The van der Waals surface area contributed by atoms with Gasteiger partial charge in [-0.1, -0.05) is 30.3 Å². The number of hydrogen-bond donors (Lipinski definition) is 3. The van der Waals surface area contributed by atoms with Gasteiger partial charge in [-0.05, 0) is 31.2 Å². The van der Waals surface area contributed by atoms with Crippen molar-refractivity contribution in [2.45, 2.75) is 38.7 Å². The zero-order valence-electron chi connectivity index (χ0n) is 13.4. The molecule has 0 aliphatic rings. The van der Waals surface area contributed by atoms with Crippen molar-refractivity contribution < 1.29 is 19.4 Å². The lowest BCUT2D eigenvalue weighted by Crippen LogP contribution is -2.27. The summed E-state index contributed by atoms with van der Waals surface area (Å²) >= 11 is 0. The standard InChI is InChI=1S/C17H26N2O4/c20-13-7-4-10-16(21)18-11-5-6-12-19-17(22)23-14-15-8-2-1-3-9-15/h1-3,8-9,20H,4-7,10-14H2,(H,18,21)(H,19,22). The summed E-state index contributed by atoms with van der Waals surface area (Å²) in [6.45, 7) is 1.50. The molecule has 1 rings (SSSR count). The van der Waals surface area contributed by atoms with Gasteiger partial charge in [0.1, 0.15) is 6.61 Å². The molecule has 0 radical (unpaired) electrons. The van der Waals surface area contributed by atoms with Crippen LogP contribution in [0.5, 0.6) is 0 Å². The molecule has 0 spiro atoms. The molecule has 0 bridgehead atoms. The lowest BCUT2D eigenvalue weighted by molar-refractivity contribution is -0.121. The molecule has 0 aromatic heterocycles. The minimum atomic E-state index is -0.429. The van der Waals surface area contributed by atoms with E-state index in [4.69, 9.17) is 9.84 Å². The van der Waals surface area contributed by atoms with Gasteiger partial charge in [0, 0.05) is 26.1 Å². The summed E-state index contributed by atoms with van der Waals surface area (Å²) in [6, 6.07) is 9.51. The van der Waals surface area contributed by atoms with E-state index in [1.165, 1.54) is 0 Å². The van der Waals surface area contributed by atoms with Gasteiger partial charge in [-0.2, -0.15) is 0 Å². The van der Waals surface area contributed by atoms with Gasteiger partial charge < -0.3 is 20.5 Å². The summed E-state index contributed by atoms with van der Waals surface area (Å²) in [5.74, 6) is 0.00804. The Morgan fingerprint density at radius 3 is 2.35 bits per heavy atom. The van der Waals surface area contributed by atoms with Crippen LogP contribution in [0, 0.1) is 0 Å². The molecule has 1 aromatic carbocycles. The van der Waals surface area contributed by atoms with Gasteiger partial charge in [0.25, 0.3) is 0 Å². The zero-order chi connectivity index (χ0) is 16.8. The summed E-state index contributed by atoms with van der Waals surface area (Å²) in [7, 11) is 0. The second kappa shape index (κ2) is 12.5. The zero-order valence-corrected chi connectivity index (χ0v) is 13.4. The quantitative estimate of drug-likeness (QED) is 0.544. The maximum absolute atomic E-state index is 11.5. The summed E-state index contributed by atoms with van der Waals surface area (Å²) in [5.41, 5.74) is 0.951. The highest BCUT2D eigenvalue weighted by molar-refractivity contribution is 5.75. The second-order valence-electron chi connectivity index (χ2n) is 5.23. The number of alkyl carbamates (subject to hydrolysis) is 1. The van der Waals surface area contributed by atoms with E-state index < -0.39 is 6.09 Å². The van der Waals surface area contributed by atoms with Crippen LogP contribution >= 0.6 is 0 Å². The molecule has 0 aliphatic heterocycles. The lowest BCUT2D eigenvalue weighted by Gasteiger charge is -2.07. The van der Waals surface area contributed by atoms with E-state index in [-0.39, 0.29) is 19.1 Å². The van der Waals surface area contributed by atoms with E-state index in [1.807, 2.05) is 30.3 Å². The number of aliphatic hydroxyl groups is 1. The Balaban J connectivity index is 1.94. The van der Waals surface area contributed by atoms with Crippen LogP contribution < -0.4 is 10.6 Å². The van der Waals surface area contributed by atoms with Gasteiger partial charge in [0.2, 0.25) is 5.91 Å². The minimum Gasteiger partial charge on any atom is -0.445 e. The largest absolute Gasteiger partial charge is 0.445 e. The van der Waals surface area contributed by atoms with Gasteiger partial charge in [0.15, 0.2) is 0 Å². The molecule has 0 saturated heterocycles. The number of carbonyl (C=O) groups excluding carboxylic acids is 2. The number of ether oxygens (including phenoxy) is 1. The maximum Gasteiger partial charge on any atom is 0.407 e. The first-order chi connectivity index (χ1) is 11.2. The van der Waals surface area contributed by atoms with Crippen molar-refractivity contribution in [3.63, 3.8) is 0 Å². The van der Waals surface area contributed by atoms with Crippen molar-refractivity contribution in [1.82, 2.24) is 10.6 Å². The summed E-state index contributed by atoms with van der Waals surface area (Å²) in [6.07, 6.45) is 2.95. The first-order valence-corrected chi connectivity index (χ1v) is 8.04. The molecule has 2 amide bonds. The molecule has 0 atom stereocenters. The number of nitrogens with one attached hydrogen (secondary N) is 2. The molecule has 0 heterocycles. The Labute approximate surface area is 137 Å². The number of carbonyl (C=O) groups is 2. The SMILES string of the molecule is O=C(CCCCO)NCCCCNC(=O)OCc1ccccc1. The molecule has 6 heteroatoms. The van der Waals surface area contributed by atoms with Gasteiger partial charge in [-0.3, -0.25) is 4.79 Å². The number of rotatable bonds is 11. The van der Waals surface area contributed by atoms with Crippen LogP contribution in [0.25, 0.3) is 0 Å². The molecule has 1 aromatic rings. The molecule has 23 heavy (non-hydrogen) atoms. The number of benzene rings is 1. The fourth-order valence-corrected chi connectivity index (χ4v) is 1.93. The van der Waals surface area contributed by atoms with Crippen LogP contribution in [0.1, 0.15) is 37.7 Å². The van der Waals surface area contributed by atoms with E-state index in [0.29, 0.717) is 32.4 Å². The number of amides is 2. The lowest BCUT2D eigenvalue weighted by atomic mass is 10.2. The van der Waals surface area contributed by atoms with E-state index in [1.54, 1.807) is 0 Å². The Kier molecular flexibility index (Phi) is 10.3. The van der Waals surface area contributed by atoms with Crippen LogP contribution in [-0.2, 0) is 16.1 Å². The molecular weight excluding hydrogens is 296 g/mol. The minimum absolute atomic E-state index is 0.00804. The van der Waals surface area contributed by atoms with E-state index in [9.17, 15) is 9.59 Å². The Bertz CT molecular complexity index is 451. The van der Waals surface area contributed by atoms with Gasteiger partial charge in [-0.25, -0.2) is 4.79 Å². The van der Waals surface area contributed by atoms with Crippen molar-refractivity contribution in [3.8, 4) is 0 Å². The fourth-order valence-electron chi connectivity index (χ4n) is 1.93. The highest BCUT2D eigenvalue weighted by Gasteiger charge is 2.02. The number of aliphatic hydroxyl groups excluding tert-OH is 1. The Morgan fingerprint density at radius 1 is 0.957 bits per heavy atom. The summed E-state index contributed by atoms with van der Waals surface area (Å²) in [5, 5.41) is 14.1. The van der Waals surface area contributed by atoms with Crippen molar-refractivity contribution in [1.29, 1.82) is 0 Å². The van der Waals surface area contributed by atoms with Gasteiger partial charge in [0.05, 0.1) is 0 Å². The molecule has 0 fully saturated rings. The molecule has 6 nitrogen and oxygen atoms in total. The summed E-state index contributed by atoms with van der Waals surface area (Å²) in [4.78, 5) is 22.9. The van der Waals surface area contributed by atoms with Crippen molar-refractivity contribution in [2.24, 2.45) is 0 Å². The molecular formula is C17H26N2O4. The molecule has 0 saturated carbocycles. The van der Waals surface area contributed by atoms with E-state index in [0.717, 1.165) is 18.4 Å². The molecule has 0 unspecified atom stereocenters. The molecule has 0 aliphatic carbocycles. The van der Waals surface area contributed by atoms with Crippen LogP contribution in [-0.4, -0.2) is 36.8 Å². The van der Waals surface area contributed by atoms with Crippen molar-refractivity contribution in [2.75, 3.05) is 19.7 Å². The van der Waals surface area contributed by atoms with Crippen LogP contribution in [0.4, 0.5) is 4.79 Å². The highest BCUT2D eigenvalue weighted by atomic mass is 16.5. The first kappa shape index (κ1) is 19.0. The monoisotopic (exact) mass is 322 g/mol. The van der Waals surface area contributed by atoms with Crippen molar-refractivity contribution in [3.05, 3.63) is 35.9 Å². The maximum atomic E-state index is 11.5. The third-order valence-corrected chi connectivity index (χ3v) is 3.22. The average Bonchev–Trinajstić information content (AvgIpc) is 2.57. The molecule has 3 N–H and O–H groups in total. The number of unbranched alkanes of at least 4 members (excludes halogenated alkanes) is 2. The Morgan fingerprint density at radius 2 is 1.65 bits per heavy atom. The third-order valence-electron chi connectivity index (χ3n) is 3.22. The predicted molar refractivity (Wildman–Crippen MR) is 87.8 cm³/mol. The highest BCUT2D eigenvalue weighted by Crippen LogP contribution is 2.00. The van der Waals surface area contributed by atoms with E-state index >= 15 is 0 Å². The topological polar surface area (TPSA) is 87.7 Å². The first-order valence-electron chi connectivity index (χ1n) is 8.04. The summed E-state index contributed by atoms with van der Waals surface area (Å²) < 4.78 is 5.09. The van der Waals surface area contributed by atoms with Gasteiger partial charge in [-0.15, -0.1) is 0 Å². The smallest absolute Gasteiger partial charge is 0.407 e. The predicted octanol–water partition coefficient (Wildman–Crippen LogP) is 1.97. The fraction of sp³-hybridized carbons (Fsp3) is 0.529. The van der Waals surface area contributed by atoms with Crippen molar-refractivity contribution >= 4 is 12.0 Å². The second-order valence-corrected chi connectivity index (χ2v) is 5.23. The van der Waals surface area contributed by atoms with Gasteiger partial charge >= 0.3 is 6.09 Å². The van der Waals surface area contributed by atoms with Crippen LogP contribution in [0.15, 0.2) is 30.3 Å². The third kappa shape index (κ3) is 10.3. The van der Waals surface area contributed by atoms with E-state index in [2.05, 4.69) is 10.6 Å². The number of hydrogen-bond acceptors (Lipinski definition) is 4. The van der Waals surface area contributed by atoms with Crippen LogP contribution in [0.3, 0.4) is 0 Å².